The molecule has 1 aromatic carbocycles. The average molecular weight is 407 g/mol. The SMILES string of the molecule is COCCCNC(=O)C1CCN(c2ncnc3ccc(Br)cc23)CC1. The minimum absolute atomic E-state index is 0.0821. The molecule has 0 unspecified atom stereocenters. The lowest BCUT2D eigenvalue weighted by atomic mass is 9.95. The van der Waals surface area contributed by atoms with Gasteiger partial charge in [-0.05, 0) is 37.5 Å². The lowest BCUT2D eigenvalue weighted by molar-refractivity contribution is -0.125. The first kappa shape index (κ1) is 18.1. The predicted molar refractivity (Wildman–Crippen MR) is 102 cm³/mol. The number of nitrogens with zero attached hydrogens (tertiary/aromatic N) is 3. The van der Waals surface area contributed by atoms with E-state index in [-0.39, 0.29) is 11.8 Å². The lowest BCUT2D eigenvalue weighted by Gasteiger charge is -2.32. The summed E-state index contributed by atoms with van der Waals surface area (Å²) in [6.45, 7) is 3.01. The summed E-state index contributed by atoms with van der Waals surface area (Å²) in [5, 5.41) is 4.05. The molecule has 2 heterocycles. The minimum Gasteiger partial charge on any atom is -0.385 e. The molecule has 2 aromatic rings. The van der Waals surface area contributed by atoms with Gasteiger partial charge in [-0.3, -0.25) is 4.79 Å². The molecule has 25 heavy (non-hydrogen) atoms. The van der Waals surface area contributed by atoms with Crippen molar-refractivity contribution in [3.63, 3.8) is 0 Å². The number of hydrogen-bond donors (Lipinski definition) is 1. The third-order valence-electron chi connectivity index (χ3n) is 4.57. The first-order chi connectivity index (χ1) is 12.2. The highest BCUT2D eigenvalue weighted by Crippen LogP contribution is 2.29. The van der Waals surface area contributed by atoms with Crippen molar-refractivity contribution >= 4 is 38.6 Å². The monoisotopic (exact) mass is 406 g/mol. The molecule has 0 radical (unpaired) electrons. The zero-order chi connectivity index (χ0) is 17.6. The maximum absolute atomic E-state index is 12.3. The largest absolute Gasteiger partial charge is 0.385 e. The first-order valence-corrected chi connectivity index (χ1v) is 9.40. The van der Waals surface area contributed by atoms with Gasteiger partial charge in [-0.1, -0.05) is 15.9 Å². The molecule has 1 N–H and O–H groups in total. The van der Waals surface area contributed by atoms with Crippen molar-refractivity contribution in [2.45, 2.75) is 19.3 Å². The number of ether oxygens (including phenoxy) is 1. The number of aromatic nitrogens is 2. The molecule has 1 aliphatic rings. The van der Waals surface area contributed by atoms with E-state index in [1.807, 2.05) is 12.1 Å². The Bertz CT molecular complexity index is 732. The number of carbonyl (C=O) groups excluding carboxylic acids is 1. The molecule has 0 saturated carbocycles. The van der Waals surface area contributed by atoms with Crippen molar-refractivity contribution in [2.24, 2.45) is 5.92 Å². The number of rotatable bonds is 6. The molecule has 3 rings (SSSR count). The van der Waals surface area contributed by atoms with Crippen LogP contribution in [0.4, 0.5) is 5.82 Å². The van der Waals surface area contributed by atoms with E-state index in [1.165, 1.54) is 0 Å². The van der Waals surface area contributed by atoms with Gasteiger partial charge < -0.3 is 15.0 Å². The maximum Gasteiger partial charge on any atom is 0.223 e. The molecule has 134 valence electrons. The van der Waals surface area contributed by atoms with Crippen molar-refractivity contribution in [3.05, 3.63) is 29.0 Å². The number of carbonyl (C=O) groups is 1. The number of amides is 1. The molecule has 0 bridgehead atoms. The highest BCUT2D eigenvalue weighted by atomic mass is 79.9. The summed E-state index contributed by atoms with van der Waals surface area (Å²) in [4.78, 5) is 23.3. The summed E-state index contributed by atoms with van der Waals surface area (Å²) in [6.07, 6.45) is 4.15. The Morgan fingerprint density at radius 1 is 1.36 bits per heavy atom. The van der Waals surface area contributed by atoms with Crippen LogP contribution >= 0.6 is 15.9 Å². The summed E-state index contributed by atoms with van der Waals surface area (Å²) >= 11 is 3.52. The van der Waals surface area contributed by atoms with E-state index < -0.39 is 0 Å². The Kier molecular flexibility index (Phi) is 6.20. The van der Waals surface area contributed by atoms with Crippen molar-refractivity contribution < 1.29 is 9.53 Å². The van der Waals surface area contributed by atoms with E-state index in [0.717, 1.165) is 53.5 Å². The molecule has 1 aliphatic heterocycles. The first-order valence-electron chi connectivity index (χ1n) is 8.61. The fraction of sp³-hybridized carbons (Fsp3) is 0.500. The van der Waals surface area contributed by atoms with Gasteiger partial charge in [-0.2, -0.15) is 0 Å². The van der Waals surface area contributed by atoms with Crippen LogP contribution < -0.4 is 10.2 Å². The summed E-state index contributed by atoms with van der Waals surface area (Å²) in [5.74, 6) is 1.19. The van der Waals surface area contributed by atoms with Crippen molar-refractivity contribution in [3.8, 4) is 0 Å². The standard InChI is InChI=1S/C18H23BrN4O2/c1-25-10-2-7-20-18(24)13-5-8-23(9-6-13)17-15-11-14(19)3-4-16(15)21-12-22-17/h3-4,11-13H,2,5-10H2,1H3,(H,20,24). The van der Waals surface area contributed by atoms with Gasteiger partial charge in [0.05, 0.1) is 5.52 Å². The second-order valence-corrected chi connectivity index (χ2v) is 7.17. The van der Waals surface area contributed by atoms with Gasteiger partial charge in [0.2, 0.25) is 5.91 Å². The second-order valence-electron chi connectivity index (χ2n) is 6.26. The van der Waals surface area contributed by atoms with Gasteiger partial charge in [0.25, 0.3) is 0 Å². The molecule has 1 amide bonds. The van der Waals surface area contributed by atoms with E-state index in [1.54, 1.807) is 13.4 Å². The van der Waals surface area contributed by atoms with Crippen LogP contribution in [0.3, 0.4) is 0 Å². The normalized spacial score (nSPS) is 15.5. The summed E-state index contributed by atoms with van der Waals surface area (Å²) in [6, 6.07) is 6.03. The summed E-state index contributed by atoms with van der Waals surface area (Å²) in [5.41, 5.74) is 0.936. The van der Waals surface area contributed by atoms with Crippen LogP contribution in [-0.2, 0) is 9.53 Å². The molecule has 1 fully saturated rings. The van der Waals surface area contributed by atoms with Gasteiger partial charge in [0, 0.05) is 49.1 Å². The molecule has 1 aromatic heterocycles. The molecule has 0 atom stereocenters. The Hall–Kier alpha value is -1.73. The van der Waals surface area contributed by atoms with Gasteiger partial charge in [0.15, 0.2) is 0 Å². The van der Waals surface area contributed by atoms with Crippen LogP contribution in [0.15, 0.2) is 29.0 Å². The molecule has 7 heteroatoms. The van der Waals surface area contributed by atoms with Crippen molar-refractivity contribution in [1.29, 1.82) is 0 Å². The average Bonchev–Trinajstić information content (AvgIpc) is 2.64. The zero-order valence-electron chi connectivity index (χ0n) is 14.4. The van der Waals surface area contributed by atoms with Crippen molar-refractivity contribution in [1.82, 2.24) is 15.3 Å². The molecule has 0 aliphatic carbocycles. The summed E-state index contributed by atoms with van der Waals surface area (Å²) in [7, 11) is 1.67. The van der Waals surface area contributed by atoms with E-state index in [0.29, 0.717) is 13.2 Å². The highest BCUT2D eigenvalue weighted by Gasteiger charge is 2.26. The third-order valence-corrected chi connectivity index (χ3v) is 5.06. The van der Waals surface area contributed by atoms with Gasteiger partial charge in [0.1, 0.15) is 12.1 Å². The van der Waals surface area contributed by atoms with E-state index in [2.05, 4.69) is 42.2 Å². The van der Waals surface area contributed by atoms with Gasteiger partial charge >= 0.3 is 0 Å². The Balaban J connectivity index is 1.61. The van der Waals surface area contributed by atoms with Gasteiger partial charge in [-0.15, -0.1) is 0 Å². The third kappa shape index (κ3) is 4.46. The Morgan fingerprint density at radius 3 is 2.92 bits per heavy atom. The van der Waals surface area contributed by atoms with Crippen LogP contribution in [0.1, 0.15) is 19.3 Å². The summed E-state index contributed by atoms with van der Waals surface area (Å²) < 4.78 is 6.02. The molecule has 1 saturated heterocycles. The number of methoxy groups -OCH3 is 1. The van der Waals surface area contributed by atoms with E-state index >= 15 is 0 Å². The lowest BCUT2D eigenvalue weighted by Crippen LogP contribution is -2.41. The van der Waals surface area contributed by atoms with Crippen LogP contribution in [-0.4, -0.2) is 49.2 Å². The number of hydrogen-bond acceptors (Lipinski definition) is 5. The predicted octanol–water partition coefficient (Wildman–Crippen LogP) is 2.76. The van der Waals surface area contributed by atoms with Crippen molar-refractivity contribution in [2.75, 3.05) is 38.3 Å². The van der Waals surface area contributed by atoms with Gasteiger partial charge in [-0.25, -0.2) is 9.97 Å². The highest BCUT2D eigenvalue weighted by molar-refractivity contribution is 9.10. The number of halogens is 1. The fourth-order valence-electron chi connectivity index (χ4n) is 3.19. The second kappa shape index (κ2) is 8.58. The maximum atomic E-state index is 12.3. The molecule has 0 spiro atoms. The number of fused-ring (bicyclic) bond motifs is 1. The van der Waals surface area contributed by atoms with E-state index in [4.69, 9.17) is 4.74 Å². The minimum atomic E-state index is 0.0821. The molecular weight excluding hydrogens is 384 g/mol. The number of nitrogens with one attached hydrogen (secondary N) is 1. The van der Waals surface area contributed by atoms with Crippen LogP contribution in [0, 0.1) is 5.92 Å². The zero-order valence-corrected chi connectivity index (χ0v) is 16.0. The molecule has 6 nitrogen and oxygen atoms in total. The van der Waals surface area contributed by atoms with Crippen LogP contribution in [0.25, 0.3) is 10.9 Å². The van der Waals surface area contributed by atoms with Crippen LogP contribution in [0.5, 0.6) is 0 Å². The quantitative estimate of drug-likeness (QED) is 0.746. The number of piperidine rings is 1. The topological polar surface area (TPSA) is 67.3 Å². The number of anilines is 1. The number of benzene rings is 1. The Labute approximate surface area is 156 Å². The fourth-order valence-corrected chi connectivity index (χ4v) is 3.55. The van der Waals surface area contributed by atoms with Crippen LogP contribution in [0.2, 0.25) is 0 Å². The Morgan fingerprint density at radius 2 is 2.16 bits per heavy atom. The van der Waals surface area contributed by atoms with E-state index in [9.17, 15) is 4.79 Å². The molecular formula is C18H23BrN4O2. The smallest absolute Gasteiger partial charge is 0.223 e.